The highest BCUT2D eigenvalue weighted by atomic mass is 16.5. The average Bonchev–Trinajstić information content (AvgIpc) is 2.50. The zero-order chi connectivity index (χ0) is 14.2. The first-order valence-electron chi connectivity index (χ1n) is 7.07. The number of methoxy groups -OCH3 is 1. The predicted octanol–water partition coefficient (Wildman–Crippen LogP) is 3.26. The van der Waals surface area contributed by atoms with Crippen molar-refractivity contribution in [3.8, 4) is 0 Å². The van der Waals surface area contributed by atoms with Gasteiger partial charge in [-0.2, -0.15) is 0 Å². The molecule has 0 bridgehead atoms. The number of ether oxygens (including phenoxy) is 1. The van der Waals surface area contributed by atoms with E-state index in [9.17, 15) is 0 Å². The van der Waals surface area contributed by atoms with Gasteiger partial charge in [0.2, 0.25) is 0 Å². The van der Waals surface area contributed by atoms with Gasteiger partial charge in [-0.3, -0.25) is 4.98 Å². The van der Waals surface area contributed by atoms with Crippen LogP contribution in [0.5, 0.6) is 0 Å². The molecule has 0 spiro atoms. The summed E-state index contributed by atoms with van der Waals surface area (Å²) in [6, 6.07) is 10.5. The van der Waals surface area contributed by atoms with Crippen LogP contribution >= 0.6 is 0 Å². The smallest absolute Gasteiger partial charge is 0.0702 e. The van der Waals surface area contributed by atoms with Gasteiger partial charge in [0.15, 0.2) is 0 Å². The van der Waals surface area contributed by atoms with E-state index in [2.05, 4.69) is 47.6 Å². The monoisotopic (exact) mass is 270 g/mol. The van der Waals surface area contributed by atoms with E-state index in [4.69, 9.17) is 4.74 Å². The molecule has 2 aromatic rings. The number of hydrogen-bond donors (Lipinski definition) is 1. The van der Waals surface area contributed by atoms with Crippen LogP contribution in [0.1, 0.15) is 18.9 Å². The molecule has 0 saturated carbocycles. The van der Waals surface area contributed by atoms with Crippen molar-refractivity contribution in [3.05, 3.63) is 47.7 Å². The van der Waals surface area contributed by atoms with Crippen molar-refractivity contribution in [1.82, 2.24) is 10.3 Å². The maximum atomic E-state index is 5.03. The third kappa shape index (κ3) is 4.15. The van der Waals surface area contributed by atoms with Crippen LogP contribution in [0.4, 0.5) is 0 Å². The Morgan fingerprint density at radius 1 is 1.35 bits per heavy atom. The molecule has 2 rings (SSSR count). The van der Waals surface area contributed by atoms with Gasteiger partial charge < -0.3 is 10.1 Å². The van der Waals surface area contributed by atoms with Crippen LogP contribution in [0.3, 0.4) is 0 Å². The number of nitrogens with zero attached hydrogens (tertiary/aromatic N) is 1. The summed E-state index contributed by atoms with van der Waals surface area (Å²) in [4.78, 5) is 4.34. The summed E-state index contributed by atoms with van der Waals surface area (Å²) in [5, 5.41) is 4.57. The first-order valence-corrected chi connectivity index (χ1v) is 7.07. The van der Waals surface area contributed by atoms with E-state index in [1.54, 1.807) is 7.11 Å². The standard InChI is InChI=1S/C17H22N2O/c1-3-14(13-18-9-10-20-2)11-15-6-7-17-16(12-15)5-4-8-19-17/h4-8,11-12,18H,3,9-10,13H2,1-2H3. The van der Waals surface area contributed by atoms with Crippen molar-refractivity contribution in [1.29, 1.82) is 0 Å². The summed E-state index contributed by atoms with van der Waals surface area (Å²) in [7, 11) is 1.72. The summed E-state index contributed by atoms with van der Waals surface area (Å²) in [6.07, 6.45) is 5.13. The molecule has 0 amide bonds. The van der Waals surface area contributed by atoms with Gasteiger partial charge in [-0.1, -0.05) is 30.7 Å². The first-order chi connectivity index (χ1) is 9.83. The number of benzene rings is 1. The van der Waals surface area contributed by atoms with Crippen LogP contribution in [0.15, 0.2) is 42.1 Å². The van der Waals surface area contributed by atoms with E-state index >= 15 is 0 Å². The second-order valence-corrected chi connectivity index (χ2v) is 4.78. The lowest BCUT2D eigenvalue weighted by Crippen LogP contribution is -2.21. The van der Waals surface area contributed by atoms with E-state index < -0.39 is 0 Å². The molecule has 0 unspecified atom stereocenters. The Kier molecular flexibility index (Phi) is 5.71. The Labute approximate surface area is 120 Å². The summed E-state index contributed by atoms with van der Waals surface area (Å²) in [5.74, 6) is 0. The van der Waals surface area contributed by atoms with E-state index in [-0.39, 0.29) is 0 Å². The highest BCUT2D eigenvalue weighted by molar-refractivity contribution is 5.81. The Balaban J connectivity index is 2.08. The molecule has 0 atom stereocenters. The molecule has 1 aromatic heterocycles. The van der Waals surface area contributed by atoms with E-state index in [1.165, 1.54) is 16.5 Å². The minimum absolute atomic E-state index is 0.749. The molecule has 0 saturated heterocycles. The lowest BCUT2D eigenvalue weighted by atomic mass is 10.1. The van der Waals surface area contributed by atoms with Gasteiger partial charge in [-0.25, -0.2) is 0 Å². The van der Waals surface area contributed by atoms with Gasteiger partial charge in [-0.05, 0) is 30.2 Å². The van der Waals surface area contributed by atoms with Crippen molar-refractivity contribution in [2.75, 3.05) is 26.8 Å². The number of nitrogens with one attached hydrogen (secondary N) is 1. The second-order valence-electron chi connectivity index (χ2n) is 4.78. The largest absolute Gasteiger partial charge is 0.383 e. The lowest BCUT2D eigenvalue weighted by molar-refractivity contribution is 0.200. The maximum absolute atomic E-state index is 5.03. The molecule has 0 aliphatic rings. The second kappa shape index (κ2) is 7.78. The van der Waals surface area contributed by atoms with Crippen LogP contribution in [0.2, 0.25) is 0 Å². The summed E-state index contributed by atoms with van der Waals surface area (Å²) >= 11 is 0. The third-order valence-corrected chi connectivity index (χ3v) is 3.29. The highest BCUT2D eigenvalue weighted by Crippen LogP contribution is 2.16. The van der Waals surface area contributed by atoms with Crippen molar-refractivity contribution < 1.29 is 4.74 Å². The van der Waals surface area contributed by atoms with Gasteiger partial charge in [0.1, 0.15) is 0 Å². The molecular formula is C17H22N2O. The summed E-state index contributed by atoms with van der Waals surface area (Å²) in [6.45, 7) is 4.73. The van der Waals surface area contributed by atoms with Gasteiger partial charge in [0, 0.05) is 31.8 Å². The number of hydrogen-bond acceptors (Lipinski definition) is 3. The number of aromatic nitrogens is 1. The van der Waals surface area contributed by atoms with Crippen LogP contribution in [0.25, 0.3) is 17.0 Å². The molecule has 0 aliphatic carbocycles. The lowest BCUT2D eigenvalue weighted by Gasteiger charge is -2.07. The number of rotatable bonds is 7. The quantitative estimate of drug-likeness (QED) is 0.784. The van der Waals surface area contributed by atoms with Crippen LogP contribution in [0, 0.1) is 0 Å². The summed E-state index contributed by atoms with van der Waals surface area (Å²) in [5.41, 5.74) is 3.67. The van der Waals surface area contributed by atoms with E-state index in [0.29, 0.717) is 0 Å². The first kappa shape index (κ1) is 14.7. The molecule has 0 radical (unpaired) electrons. The molecule has 106 valence electrons. The van der Waals surface area contributed by atoms with Crippen molar-refractivity contribution >= 4 is 17.0 Å². The van der Waals surface area contributed by atoms with Crippen molar-refractivity contribution in [3.63, 3.8) is 0 Å². The third-order valence-electron chi connectivity index (χ3n) is 3.29. The summed E-state index contributed by atoms with van der Waals surface area (Å²) < 4.78 is 5.03. The van der Waals surface area contributed by atoms with Crippen molar-refractivity contribution in [2.45, 2.75) is 13.3 Å². The Morgan fingerprint density at radius 2 is 2.25 bits per heavy atom. The molecule has 0 fully saturated rings. The maximum Gasteiger partial charge on any atom is 0.0702 e. The predicted molar refractivity (Wildman–Crippen MR) is 84.8 cm³/mol. The van der Waals surface area contributed by atoms with Gasteiger partial charge in [-0.15, -0.1) is 0 Å². The van der Waals surface area contributed by atoms with E-state index in [0.717, 1.165) is 31.6 Å². The fourth-order valence-corrected chi connectivity index (χ4v) is 2.12. The fourth-order valence-electron chi connectivity index (χ4n) is 2.12. The van der Waals surface area contributed by atoms with E-state index in [1.807, 2.05) is 12.3 Å². The van der Waals surface area contributed by atoms with Gasteiger partial charge in [0.25, 0.3) is 0 Å². The minimum Gasteiger partial charge on any atom is -0.383 e. The molecule has 3 heteroatoms. The Hall–Kier alpha value is -1.71. The SMILES string of the molecule is CCC(=Cc1ccc2ncccc2c1)CNCCOC. The number of fused-ring (bicyclic) bond motifs is 1. The van der Waals surface area contributed by atoms with Gasteiger partial charge >= 0.3 is 0 Å². The van der Waals surface area contributed by atoms with Crippen LogP contribution in [-0.4, -0.2) is 31.8 Å². The minimum atomic E-state index is 0.749. The zero-order valence-corrected chi connectivity index (χ0v) is 12.2. The molecule has 3 nitrogen and oxygen atoms in total. The van der Waals surface area contributed by atoms with Gasteiger partial charge in [0.05, 0.1) is 12.1 Å². The topological polar surface area (TPSA) is 34.2 Å². The van der Waals surface area contributed by atoms with Crippen LogP contribution in [-0.2, 0) is 4.74 Å². The fraction of sp³-hybridized carbons (Fsp3) is 0.353. The molecule has 1 heterocycles. The molecule has 1 aromatic carbocycles. The molecule has 1 N–H and O–H groups in total. The average molecular weight is 270 g/mol. The Bertz CT molecular complexity index is 578. The zero-order valence-electron chi connectivity index (χ0n) is 12.2. The highest BCUT2D eigenvalue weighted by Gasteiger charge is 1.98. The number of pyridine rings is 1. The molecule has 0 aliphatic heterocycles. The molecular weight excluding hydrogens is 248 g/mol. The molecule has 20 heavy (non-hydrogen) atoms. The van der Waals surface area contributed by atoms with Crippen LogP contribution < -0.4 is 5.32 Å². The van der Waals surface area contributed by atoms with Crippen molar-refractivity contribution in [2.24, 2.45) is 0 Å². The Morgan fingerprint density at radius 3 is 3.05 bits per heavy atom. The normalized spacial score (nSPS) is 12.0.